The molecule has 0 N–H and O–H groups in total. The number of nitrogens with zero attached hydrogens (tertiary/aromatic N) is 4. The van der Waals surface area contributed by atoms with Gasteiger partial charge in [-0.05, 0) is 37.6 Å². The Bertz CT molecular complexity index is 659. The molecule has 0 spiro atoms. The third-order valence-electron chi connectivity index (χ3n) is 3.79. The van der Waals surface area contributed by atoms with Gasteiger partial charge in [0.15, 0.2) is 0 Å². The average Bonchev–Trinajstić information content (AvgIpc) is 2.72. The van der Waals surface area contributed by atoms with E-state index >= 15 is 0 Å². The highest BCUT2D eigenvalue weighted by molar-refractivity contribution is 5.32. The molecule has 0 atom stereocenters. The van der Waals surface area contributed by atoms with Crippen LogP contribution in [0.1, 0.15) is 28.6 Å². The molecule has 1 saturated heterocycles. The molecule has 1 aromatic heterocycles. The maximum Gasteiger partial charge on any atom is 0.0991 e. The second-order valence-electron chi connectivity index (χ2n) is 5.53. The average molecular weight is 266 g/mol. The number of aromatic nitrogens is 2. The van der Waals surface area contributed by atoms with Gasteiger partial charge in [0.1, 0.15) is 0 Å². The molecule has 1 aliphatic rings. The van der Waals surface area contributed by atoms with Gasteiger partial charge >= 0.3 is 0 Å². The minimum Gasteiger partial charge on any atom is -0.295 e. The van der Waals surface area contributed by atoms with Gasteiger partial charge in [0.2, 0.25) is 0 Å². The lowest BCUT2D eigenvalue weighted by atomic mass is 10.1. The lowest BCUT2D eigenvalue weighted by molar-refractivity contribution is 0.0893. The number of likely N-dealkylation sites (tertiary alicyclic amines) is 1. The van der Waals surface area contributed by atoms with E-state index in [0.717, 1.165) is 30.9 Å². The van der Waals surface area contributed by atoms with E-state index in [1.807, 2.05) is 25.1 Å². The van der Waals surface area contributed by atoms with E-state index in [1.165, 1.54) is 11.3 Å². The van der Waals surface area contributed by atoms with Crippen molar-refractivity contribution in [1.82, 2.24) is 14.7 Å². The SMILES string of the molecule is Cc1cc(C)n(C2CN(Cc3cccc(C#N)c3)C2)n1. The first-order valence-corrected chi connectivity index (χ1v) is 6.90. The van der Waals surface area contributed by atoms with E-state index in [-0.39, 0.29) is 0 Å². The van der Waals surface area contributed by atoms with Gasteiger partial charge < -0.3 is 0 Å². The monoisotopic (exact) mass is 266 g/mol. The van der Waals surface area contributed by atoms with Crippen molar-refractivity contribution >= 4 is 0 Å². The first-order valence-electron chi connectivity index (χ1n) is 6.90. The van der Waals surface area contributed by atoms with E-state index in [0.29, 0.717) is 6.04 Å². The van der Waals surface area contributed by atoms with Crippen molar-refractivity contribution in [3.8, 4) is 6.07 Å². The Morgan fingerprint density at radius 2 is 2.10 bits per heavy atom. The Hall–Kier alpha value is -2.12. The predicted molar refractivity (Wildman–Crippen MR) is 77.2 cm³/mol. The summed E-state index contributed by atoms with van der Waals surface area (Å²) in [4.78, 5) is 2.39. The fourth-order valence-electron chi connectivity index (χ4n) is 2.84. The molecule has 1 fully saturated rings. The van der Waals surface area contributed by atoms with Crippen LogP contribution in [0.5, 0.6) is 0 Å². The lowest BCUT2D eigenvalue weighted by Gasteiger charge is -2.39. The second-order valence-corrected chi connectivity index (χ2v) is 5.53. The fourth-order valence-corrected chi connectivity index (χ4v) is 2.84. The molecule has 102 valence electrons. The second kappa shape index (κ2) is 5.10. The van der Waals surface area contributed by atoms with Gasteiger partial charge in [-0.3, -0.25) is 9.58 Å². The Kier molecular flexibility index (Phi) is 3.29. The molecule has 20 heavy (non-hydrogen) atoms. The van der Waals surface area contributed by atoms with E-state index in [4.69, 9.17) is 5.26 Å². The minimum absolute atomic E-state index is 0.489. The molecule has 0 bridgehead atoms. The molecule has 0 unspecified atom stereocenters. The summed E-state index contributed by atoms with van der Waals surface area (Å²) in [5.74, 6) is 0. The summed E-state index contributed by atoms with van der Waals surface area (Å²) in [6.45, 7) is 7.11. The van der Waals surface area contributed by atoms with E-state index in [2.05, 4.69) is 39.8 Å². The van der Waals surface area contributed by atoms with Crippen LogP contribution in [-0.4, -0.2) is 27.8 Å². The zero-order valence-electron chi connectivity index (χ0n) is 11.9. The van der Waals surface area contributed by atoms with Gasteiger partial charge in [-0.15, -0.1) is 0 Å². The Balaban J connectivity index is 1.61. The number of aryl methyl sites for hydroxylation is 2. The predicted octanol–water partition coefficient (Wildman–Crippen LogP) is 2.43. The van der Waals surface area contributed by atoms with Crippen LogP contribution in [0, 0.1) is 25.2 Å². The van der Waals surface area contributed by atoms with Crippen LogP contribution in [0.2, 0.25) is 0 Å². The summed E-state index contributed by atoms with van der Waals surface area (Å²) in [5, 5.41) is 13.5. The Morgan fingerprint density at radius 3 is 2.75 bits per heavy atom. The highest BCUT2D eigenvalue weighted by Crippen LogP contribution is 2.24. The molecule has 4 heteroatoms. The van der Waals surface area contributed by atoms with Crippen LogP contribution < -0.4 is 0 Å². The van der Waals surface area contributed by atoms with Crippen molar-refractivity contribution in [1.29, 1.82) is 5.26 Å². The zero-order chi connectivity index (χ0) is 14.1. The number of rotatable bonds is 3. The molecule has 0 radical (unpaired) electrons. The van der Waals surface area contributed by atoms with Gasteiger partial charge in [0.05, 0.1) is 23.4 Å². The fraction of sp³-hybridized carbons (Fsp3) is 0.375. The van der Waals surface area contributed by atoms with Crippen LogP contribution in [0.15, 0.2) is 30.3 Å². The third-order valence-corrected chi connectivity index (χ3v) is 3.79. The molecule has 3 rings (SSSR count). The quantitative estimate of drug-likeness (QED) is 0.857. The Labute approximate surface area is 119 Å². The lowest BCUT2D eigenvalue weighted by Crippen LogP contribution is -2.47. The molecular weight excluding hydrogens is 248 g/mol. The topological polar surface area (TPSA) is 44.9 Å². The summed E-state index contributed by atoms with van der Waals surface area (Å²) >= 11 is 0. The van der Waals surface area contributed by atoms with Crippen molar-refractivity contribution in [2.75, 3.05) is 13.1 Å². The van der Waals surface area contributed by atoms with Gasteiger partial charge in [0, 0.05) is 25.3 Å². The van der Waals surface area contributed by atoms with Crippen LogP contribution in [0.25, 0.3) is 0 Å². The maximum atomic E-state index is 8.92. The first kappa shape index (κ1) is 12.9. The van der Waals surface area contributed by atoms with Gasteiger partial charge in [0.25, 0.3) is 0 Å². The largest absolute Gasteiger partial charge is 0.295 e. The Morgan fingerprint density at radius 1 is 1.30 bits per heavy atom. The summed E-state index contributed by atoms with van der Waals surface area (Å²) in [6.07, 6.45) is 0. The minimum atomic E-state index is 0.489. The maximum absolute atomic E-state index is 8.92. The molecule has 4 nitrogen and oxygen atoms in total. The summed E-state index contributed by atoms with van der Waals surface area (Å²) in [6, 6.07) is 12.6. The van der Waals surface area contributed by atoms with Gasteiger partial charge in [-0.2, -0.15) is 10.4 Å². The summed E-state index contributed by atoms with van der Waals surface area (Å²) in [7, 11) is 0. The van der Waals surface area contributed by atoms with E-state index in [9.17, 15) is 0 Å². The van der Waals surface area contributed by atoms with Crippen LogP contribution in [0.3, 0.4) is 0 Å². The smallest absolute Gasteiger partial charge is 0.0991 e. The summed E-state index contributed by atoms with van der Waals surface area (Å²) < 4.78 is 2.14. The van der Waals surface area contributed by atoms with Crippen molar-refractivity contribution in [3.63, 3.8) is 0 Å². The van der Waals surface area contributed by atoms with Crippen LogP contribution in [0.4, 0.5) is 0 Å². The molecular formula is C16H18N4. The normalized spacial score (nSPS) is 15.8. The van der Waals surface area contributed by atoms with Crippen molar-refractivity contribution in [3.05, 3.63) is 52.8 Å². The molecule has 2 heterocycles. The van der Waals surface area contributed by atoms with Crippen molar-refractivity contribution < 1.29 is 0 Å². The standard InChI is InChI=1S/C16H18N4/c1-12-6-13(2)20(18-12)16-10-19(11-16)9-15-5-3-4-14(7-15)8-17/h3-7,16H,9-11H2,1-2H3. The molecule has 0 aliphatic carbocycles. The number of hydrogen-bond donors (Lipinski definition) is 0. The third kappa shape index (κ3) is 2.45. The molecule has 0 saturated carbocycles. The zero-order valence-corrected chi connectivity index (χ0v) is 11.9. The molecule has 2 aromatic rings. The van der Waals surface area contributed by atoms with E-state index < -0.39 is 0 Å². The highest BCUT2D eigenvalue weighted by atomic mass is 15.4. The summed E-state index contributed by atoms with van der Waals surface area (Å²) in [5.41, 5.74) is 4.26. The molecule has 0 amide bonds. The number of hydrogen-bond acceptors (Lipinski definition) is 3. The highest BCUT2D eigenvalue weighted by Gasteiger charge is 2.29. The number of benzene rings is 1. The van der Waals surface area contributed by atoms with Crippen LogP contribution in [-0.2, 0) is 6.54 Å². The first-order chi connectivity index (χ1) is 9.65. The van der Waals surface area contributed by atoms with E-state index in [1.54, 1.807) is 0 Å². The molecule has 1 aliphatic heterocycles. The van der Waals surface area contributed by atoms with Gasteiger partial charge in [-0.25, -0.2) is 0 Å². The van der Waals surface area contributed by atoms with Gasteiger partial charge in [-0.1, -0.05) is 12.1 Å². The van der Waals surface area contributed by atoms with Crippen LogP contribution >= 0.6 is 0 Å². The number of nitriles is 1. The van der Waals surface area contributed by atoms with Crippen molar-refractivity contribution in [2.24, 2.45) is 0 Å². The van der Waals surface area contributed by atoms with Crippen molar-refractivity contribution in [2.45, 2.75) is 26.4 Å². The molecule has 1 aromatic carbocycles.